The number of anilines is 1. The highest BCUT2D eigenvalue weighted by atomic mass is 15.1. The average Bonchev–Trinajstić information content (AvgIpc) is 2.39. The first-order chi connectivity index (χ1) is 8.67. The van der Waals surface area contributed by atoms with E-state index in [1.165, 1.54) is 11.3 Å². The molecule has 0 aliphatic carbocycles. The smallest absolute Gasteiger partial charge is 0.0361 e. The van der Waals surface area contributed by atoms with Gasteiger partial charge in [0.1, 0.15) is 0 Å². The van der Waals surface area contributed by atoms with Crippen molar-refractivity contribution in [1.82, 2.24) is 0 Å². The van der Waals surface area contributed by atoms with Crippen LogP contribution in [0.15, 0.2) is 59.6 Å². The predicted molar refractivity (Wildman–Crippen MR) is 82.5 cm³/mol. The van der Waals surface area contributed by atoms with Crippen LogP contribution in [0, 0.1) is 0 Å². The SMILES string of the molecule is C=CC(/C=C/c1ccc(N(C)C)cc1)=C\C=NC. The molecule has 0 saturated carbocycles. The van der Waals surface area contributed by atoms with Gasteiger partial charge < -0.3 is 4.90 Å². The molecule has 0 aliphatic rings. The van der Waals surface area contributed by atoms with Crippen molar-refractivity contribution in [2.45, 2.75) is 0 Å². The summed E-state index contributed by atoms with van der Waals surface area (Å²) in [5, 5.41) is 0. The molecule has 0 bridgehead atoms. The molecular weight excluding hydrogens is 220 g/mol. The van der Waals surface area contributed by atoms with Gasteiger partial charge in [-0.3, -0.25) is 4.99 Å². The van der Waals surface area contributed by atoms with Gasteiger partial charge in [0.15, 0.2) is 0 Å². The summed E-state index contributed by atoms with van der Waals surface area (Å²) in [5.74, 6) is 0. The molecule has 0 aliphatic heterocycles. The first-order valence-electron chi connectivity index (χ1n) is 5.87. The Morgan fingerprint density at radius 2 is 1.89 bits per heavy atom. The average molecular weight is 240 g/mol. The van der Waals surface area contributed by atoms with Crippen LogP contribution in [-0.4, -0.2) is 27.4 Å². The molecule has 2 heteroatoms. The van der Waals surface area contributed by atoms with Gasteiger partial charge in [-0.1, -0.05) is 36.9 Å². The lowest BCUT2D eigenvalue weighted by molar-refractivity contribution is 1.13. The number of benzene rings is 1. The molecule has 94 valence electrons. The maximum absolute atomic E-state index is 3.92. The van der Waals surface area contributed by atoms with Gasteiger partial charge in [0, 0.05) is 33.0 Å². The molecule has 0 radical (unpaired) electrons. The summed E-state index contributed by atoms with van der Waals surface area (Å²) in [7, 11) is 5.82. The van der Waals surface area contributed by atoms with Crippen molar-refractivity contribution < 1.29 is 0 Å². The van der Waals surface area contributed by atoms with Crippen LogP contribution in [0.25, 0.3) is 6.08 Å². The molecule has 18 heavy (non-hydrogen) atoms. The molecule has 0 spiro atoms. The van der Waals surface area contributed by atoms with Gasteiger partial charge in [-0.05, 0) is 29.3 Å². The number of hydrogen-bond acceptors (Lipinski definition) is 2. The third-order valence-electron chi connectivity index (χ3n) is 2.53. The van der Waals surface area contributed by atoms with Crippen molar-refractivity contribution in [3.05, 3.63) is 60.2 Å². The van der Waals surface area contributed by atoms with Crippen LogP contribution in [0.2, 0.25) is 0 Å². The molecule has 1 aromatic rings. The predicted octanol–water partition coefficient (Wildman–Crippen LogP) is 3.58. The molecule has 1 rings (SSSR count). The standard InChI is InChI=1S/C16H20N2/c1-5-14(12-13-17-2)6-7-15-8-10-16(11-9-15)18(3)4/h5-13H,1H2,2-4H3/b7-6+,14-12+,17-13?. The lowest BCUT2D eigenvalue weighted by atomic mass is 10.1. The summed E-state index contributed by atoms with van der Waals surface area (Å²) >= 11 is 0. The van der Waals surface area contributed by atoms with E-state index >= 15 is 0 Å². The van der Waals surface area contributed by atoms with Crippen molar-refractivity contribution in [2.24, 2.45) is 4.99 Å². The van der Waals surface area contributed by atoms with E-state index in [2.05, 4.69) is 46.8 Å². The third kappa shape index (κ3) is 4.42. The van der Waals surface area contributed by atoms with Crippen molar-refractivity contribution >= 4 is 18.0 Å². The monoisotopic (exact) mass is 240 g/mol. The highest BCUT2D eigenvalue weighted by Crippen LogP contribution is 2.13. The summed E-state index contributed by atoms with van der Waals surface area (Å²) in [6, 6.07) is 8.40. The number of aliphatic imine (C=N–C) groups is 1. The van der Waals surface area contributed by atoms with Crippen molar-refractivity contribution in [3.8, 4) is 0 Å². The molecule has 0 N–H and O–H groups in total. The molecule has 0 unspecified atom stereocenters. The van der Waals surface area contributed by atoms with Gasteiger partial charge in [-0.2, -0.15) is 0 Å². The van der Waals surface area contributed by atoms with Gasteiger partial charge in [0.2, 0.25) is 0 Å². The van der Waals surface area contributed by atoms with E-state index in [-0.39, 0.29) is 0 Å². The van der Waals surface area contributed by atoms with Crippen LogP contribution < -0.4 is 4.90 Å². The number of allylic oxidation sites excluding steroid dienone is 4. The van der Waals surface area contributed by atoms with E-state index in [0.29, 0.717) is 0 Å². The fraction of sp³-hybridized carbons (Fsp3) is 0.188. The number of hydrogen-bond donors (Lipinski definition) is 0. The summed E-state index contributed by atoms with van der Waals surface area (Å²) in [4.78, 5) is 6.00. The van der Waals surface area contributed by atoms with E-state index in [4.69, 9.17) is 0 Å². The molecule has 2 nitrogen and oxygen atoms in total. The van der Waals surface area contributed by atoms with Crippen LogP contribution in [0.4, 0.5) is 5.69 Å². The molecule has 1 aromatic carbocycles. The van der Waals surface area contributed by atoms with E-state index in [0.717, 1.165) is 5.57 Å². The Hall–Kier alpha value is -2.09. The van der Waals surface area contributed by atoms with Gasteiger partial charge in [0.05, 0.1) is 0 Å². The zero-order chi connectivity index (χ0) is 13.4. The largest absolute Gasteiger partial charge is 0.378 e. The van der Waals surface area contributed by atoms with E-state index in [9.17, 15) is 0 Å². The Morgan fingerprint density at radius 1 is 1.22 bits per heavy atom. The fourth-order valence-corrected chi connectivity index (χ4v) is 1.43. The molecule has 0 aromatic heterocycles. The van der Waals surface area contributed by atoms with Gasteiger partial charge in [-0.25, -0.2) is 0 Å². The maximum Gasteiger partial charge on any atom is 0.0361 e. The van der Waals surface area contributed by atoms with Gasteiger partial charge in [-0.15, -0.1) is 0 Å². The van der Waals surface area contributed by atoms with Crippen molar-refractivity contribution in [1.29, 1.82) is 0 Å². The Morgan fingerprint density at radius 3 is 2.39 bits per heavy atom. The number of rotatable bonds is 5. The second-order valence-corrected chi connectivity index (χ2v) is 4.10. The zero-order valence-electron chi connectivity index (χ0n) is 11.3. The molecule has 0 heterocycles. The lowest BCUT2D eigenvalue weighted by Crippen LogP contribution is -2.07. The van der Waals surface area contributed by atoms with Crippen LogP contribution in [-0.2, 0) is 0 Å². The Balaban J connectivity index is 2.80. The highest BCUT2D eigenvalue weighted by molar-refractivity contribution is 5.74. The minimum atomic E-state index is 1.04. The summed E-state index contributed by atoms with van der Waals surface area (Å²) < 4.78 is 0. The van der Waals surface area contributed by atoms with Crippen LogP contribution >= 0.6 is 0 Å². The Labute approximate surface area is 110 Å². The van der Waals surface area contributed by atoms with Gasteiger partial charge in [0.25, 0.3) is 0 Å². The maximum atomic E-state index is 3.92. The lowest BCUT2D eigenvalue weighted by Gasteiger charge is -2.11. The Kier molecular flexibility index (Phi) is 5.65. The minimum Gasteiger partial charge on any atom is -0.378 e. The van der Waals surface area contributed by atoms with E-state index in [1.54, 1.807) is 13.3 Å². The molecule has 0 fully saturated rings. The Bertz CT molecular complexity index is 462. The van der Waals surface area contributed by atoms with Crippen LogP contribution in [0.3, 0.4) is 0 Å². The molecule has 0 saturated heterocycles. The van der Waals surface area contributed by atoms with Crippen LogP contribution in [0.5, 0.6) is 0 Å². The molecule has 0 atom stereocenters. The zero-order valence-corrected chi connectivity index (χ0v) is 11.3. The normalized spacial score (nSPS) is 12.3. The van der Waals surface area contributed by atoms with Crippen molar-refractivity contribution in [2.75, 3.05) is 26.0 Å². The molecular formula is C16H20N2. The molecule has 0 amide bonds. The summed E-state index contributed by atoms with van der Waals surface area (Å²) in [6.07, 6.45) is 9.59. The van der Waals surface area contributed by atoms with E-state index < -0.39 is 0 Å². The first-order valence-corrected chi connectivity index (χ1v) is 5.87. The second-order valence-electron chi connectivity index (χ2n) is 4.10. The summed E-state index contributed by atoms with van der Waals surface area (Å²) in [6.45, 7) is 3.78. The first kappa shape index (κ1) is 14.0. The van der Waals surface area contributed by atoms with E-state index in [1.807, 2.05) is 32.3 Å². The highest BCUT2D eigenvalue weighted by Gasteiger charge is 1.93. The van der Waals surface area contributed by atoms with Gasteiger partial charge >= 0.3 is 0 Å². The quantitative estimate of drug-likeness (QED) is 0.567. The van der Waals surface area contributed by atoms with Crippen molar-refractivity contribution in [3.63, 3.8) is 0 Å². The second kappa shape index (κ2) is 7.28. The fourth-order valence-electron chi connectivity index (χ4n) is 1.43. The summed E-state index contributed by atoms with van der Waals surface area (Å²) in [5.41, 5.74) is 3.41. The number of nitrogens with zero attached hydrogens (tertiary/aromatic N) is 2. The topological polar surface area (TPSA) is 15.6 Å². The minimum absolute atomic E-state index is 1.04. The third-order valence-corrected chi connectivity index (χ3v) is 2.53. The van der Waals surface area contributed by atoms with Crippen LogP contribution in [0.1, 0.15) is 5.56 Å².